The normalized spacial score (nSPS) is 19.2. The molecule has 0 fully saturated rings. The molecule has 3 atom stereocenters. The molecule has 0 radical (unpaired) electrons. The Morgan fingerprint density at radius 1 is 0.927 bits per heavy atom. The van der Waals surface area contributed by atoms with Crippen LogP contribution in [0.2, 0.25) is 5.02 Å². The van der Waals surface area contributed by atoms with Gasteiger partial charge in [0.25, 0.3) is 0 Å². The van der Waals surface area contributed by atoms with Gasteiger partial charge in [-0.05, 0) is 83.1 Å². The average Bonchev–Trinajstić information content (AvgIpc) is 3.50. The summed E-state index contributed by atoms with van der Waals surface area (Å²) in [6.45, 7) is 2.61. The van der Waals surface area contributed by atoms with Gasteiger partial charge in [-0.1, -0.05) is 96.0 Å². The summed E-state index contributed by atoms with van der Waals surface area (Å²) in [6, 6.07) is 35.9. The lowest BCUT2D eigenvalue weighted by atomic mass is 9.76. The minimum Gasteiger partial charge on any atom is -0.488 e. The van der Waals surface area contributed by atoms with Crippen LogP contribution in [0, 0.1) is 12.8 Å². The molecule has 1 aliphatic heterocycles. The molecule has 4 heteroatoms. The first-order valence-corrected chi connectivity index (χ1v) is 14.6. The number of halogens is 1. The lowest BCUT2D eigenvalue weighted by Gasteiger charge is -2.37. The van der Waals surface area contributed by atoms with Crippen molar-refractivity contribution >= 4 is 40.0 Å². The zero-order valence-electron chi connectivity index (χ0n) is 22.9. The van der Waals surface area contributed by atoms with E-state index < -0.39 is 0 Å². The van der Waals surface area contributed by atoms with E-state index in [0.717, 1.165) is 39.8 Å². The Morgan fingerprint density at radius 2 is 1.80 bits per heavy atom. The topological polar surface area (TPSA) is 33.6 Å². The quantitative estimate of drug-likeness (QED) is 0.167. The highest BCUT2D eigenvalue weighted by Gasteiger charge is 2.37. The zero-order chi connectivity index (χ0) is 27.8. The van der Waals surface area contributed by atoms with E-state index in [1.165, 1.54) is 22.4 Å². The van der Waals surface area contributed by atoms with E-state index in [-0.39, 0.29) is 6.04 Å². The van der Waals surface area contributed by atoms with Crippen LogP contribution in [0.15, 0.2) is 120 Å². The van der Waals surface area contributed by atoms with Gasteiger partial charge < -0.3 is 10.1 Å². The van der Waals surface area contributed by atoms with Crippen molar-refractivity contribution < 1.29 is 4.74 Å². The number of anilines is 1. The summed E-state index contributed by atoms with van der Waals surface area (Å²) in [4.78, 5) is 4.90. The molecular formula is C37H31ClN2O. The standard InChI is InChI=1S/C37H31ClN2O/c1-24-12-18-35-33(20-24)31-10-5-11-32(31)37(40-35)27-13-16-29(17-14-27)39-22-34-30-9-3-2-7-26(30)15-19-36(34)41-23-25-6-4-8-28(38)21-25/h2-10,12-22,31-32,37,40H,11,23H2,1H3/t31-,32+,37-/m1/s1. The van der Waals surface area contributed by atoms with Gasteiger partial charge >= 0.3 is 0 Å². The van der Waals surface area contributed by atoms with Crippen LogP contribution in [0.3, 0.4) is 0 Å². The maximum atomic E-state index is 6.29. The van der Waals surface area contributed by atoms with Crippen molar-refractivity contribution in [2.45, 2.75) is 31.9 Å². The van der Waals surface area contributed by atoms with Gasteiger partial charge in [0.1, 0.15) is 12.4 Å². The van der Waals surface area contributed by atoms with Crippen LogP contribution >= 0.6 is 11.6 Å². The number of hydrogen-bond acceptors (Lipinski definition) is 3. The molecule has 7 rings (SSSR count). The number of allylic oxidation sites excluding steroid dienone is 2. The van der Waals surface area contributed by atoms with Gasteiger partial charge in [0.15, 0.2) is 0 Å². The van der Waals surface area contributed by atoms with E-state index in [9.17, 15) is 0 Å². The van der Waals surface area contributed by atoms with Crippen molar-refractivity contribution in [3.8, 4) is 5.75 Å². The van der Waals surface area contributed by atoms with Crippen LogP contribution < -0.4 is 10.1 Å². The highest BCUT2D eigenvalue weighted by atomic mass is 35.5. The zero-order valence-corrected chi connectivity index (χ0v) is 23.7. The minimum absolute atomic E-state index is 0.271. The molecule has 0 spiro atoms. The third-order valence-corrected chi connectivity index (χ3v) is 8.56. The smallest absolute Gasteiger partial charge is 0.129 e. The van der Waals surface area contributed by atoms with E-state index in [2.05, 4.69) is 97.2 Å². The van der Waals surface area contributed by atoms with Gasteiger partial charge in [-0.15, -0.1) is 0 Å². The van der Waals surface area contributed by atoms with Crippen LogP contribution in [0.1, 0.15) is 46.2 Å². The van der Waals surface area contributed by atoms with Crippen molar-refractivity contribution in [1.29, 1.82) is 0 Å². The van der Waals surface area contributed by atoms with Crippen molar-refractivity contribution in [3.05, 3.63) is 148 Å². The predicted molar refractivity (Wildman–Crippen MR) is 171 cm³/mol. The number of aryl methyl sites for hydroxylation is 1. The fraction of sp³-hybridized carbons (Fsp3) is 0.162. The summed E-state index contributed by atoms with van der Waals surface area (Å²) in [5.74, 6) is 1.78. The molecule has 0 unspecified atom stereocenters. The number of nitrogens with zero attached hydrogens (tertiary/aromatic N) is 1. The summed E-state index contributed by atoms with van der Waals surface area (Å²) in [5.41, 5.74) is 8.18. The number of hydrogen-bond donors (Lipinski definition) is 1. The van der Waals surface area contributed by atoms with Gasteiger partial charge in [-0.2, -0.15) is 0 Å². The van der Waals surface area contributed by atoms with Crippen LogP contribution in [0.5, 0.6) is 5.75 Å². The van der Waals surface area contributed by atoms with Gasteiger partial charge in [-0.3, -0.25) is 4.99 Å². The molecular weight excluding hydrogens is 524 g/mol. The lowest BCUT2D eigenvalue weighted by Crippen LogP contribution is -2.29. The lowest BCUT2D eigenvalue weighted by molar-refractivity contribution is 0.306. The fourth-order valence-corrected chi connectivity index (χ4v) is 6.49. The second kappa shape index (κ2) is 10.9. The Kier molecular flexibility index (Phi) is 6.82. The predicted octanol–water partition coefficient (Wildman–Crippen LogP) is 9.96. The SMILES string of the molecule is Cc1ccc2c(c1)[C@@H]1C=CC[C@@H]1[C@@H](c1ccc(N=Cc3c(OCc4cccc(Cl)c4)ccc4ccccc34)cc1)N2. The average molecular weight is 555 g/mol. The number of rotatable bonds is 6. The summed E-state index contributed by atoms with van der Waals surface area (Å²) in [5, 5.41) is 6.81. The number of nitrogens with one attached hydrogen (secondary N) is 1. The number of benzene rings is 5. The minimum atomic E-state index is 0.271. The largest absolute Gasteiger partial charge is 0.488 e. The monoisotopic (exact) mass is 554 g/mol. The molecule has 0 saturated heterocycles. The first-order valence-electron chi connectivity index (χ1n) is 14.2. The Labute approximate surface area is 246 Å². The molecule has 0 bridgehead atoms. The second-order valence-corrected chi connectivity index (χ2v) is 11.5. The highest BCUT2D eigenvalue weighted by molar-refractivity contribution is 6.30. The summed E-state index contributed by atoms with van der Waals surface area (Å²) in [7, 11) is 0. The summed E-state index contributed by atoms with van der Waals surface area (Å²) >= 11 is 6.18. The van der Waals surface area contributed by atoms with Crippen molar-refractivity contribution in [1.82, 2.24) is 0 Å². The van der Waals surface area contributed by atoms with Crippen LogP contribution in [-0.2, 0) is 6.61 Å². The second-order valence-electron chi connectivity index (χ2n) is 11.0. The van der Waals surface area contributed by atoms with Gasteiger partial charge in [0.05, 0.1) is 11.7 Å². The molecule has 1 aliphatic carbocycles. The highest BCUT2D eigenvalue weighted by Crippen LogP contribution is 2.50. The van der Waals surface area contributed by atoms with Crippen molar-refractivity contribution in [3.63, 3.8) is 0 Å². The van der Waals surface area contributed by atoms with E-state index in [4.69, 9.17) is 21.3 Å². The molecule has 0 aromatic heterocycles. The van der Waals surface area contributed by atoms with E-state index in [0.29, 0.717) is 23.5 Å². The molecule has 3 nitrogen and oxygen atoms in total. The third-order valence-electron chi connectivity index (χ3n) is 8.33. The van der Waals surface area contributed by atoms with Crippen LogP contribution in [0.25, 0.3) is 10.8 Å². The number of fused-ring (bicyclic) bond motifs is 4. The Hall–Kier alpha value is -4.34. The third kappa shape index (κ3) is 5.14. The van der Waals surface area contributed by atoms with Crippen molar-refractivity contribution in [2.75, 3.05) is 5.32 Å². The maximum Gasteiger partial charge on any atom is 0.129 e. The fourth-order valence-electron chi connectivity index (χ4n) is 6.27. The first-order chi connectivity index (χ1) is 20.1. The van der Waals surface area contributed by atoms with Gasteiger partial charge in [0.2, 0.25) is 0 Å². The molecule has 5 aromatic carbocycles. The molecule has 2 aliphatic rings. The van der Waals surface area contributed by atoms with E-state index in [1.807, 2.05) is 36.5 Å². The summed E-state index contributed by atoms with van der Waals surface area (Å²) < 4.78 is 6.29. The molecule has 0 amide bonds. The number of ether oxygens (including phenoxy) is 1. The Balaban J connectivity index is 1.15. The van der Waals surface area contributed by atoms with E-state index >= 15 is 0 Å². The summed E-state index contributed by atoms with van der Waals surface area (Å²) in [6.07, 6.45) is 7.76. The molecule has 5 aromatic rings. The Bertz CT molecular complexity index is 1790. The van der Waals surface area contributed by atoms with Crippen LogP contribution in [-0.4, -0.2) is 6.21 Å². The molecule has 202 valence electrons. The van der Waals surface area contributed by atoms with Gasteiger partial charge in [-0.25, -0.2) is 0 Å². The number of aliphatic imine (C=N–C) groups is 1. The first kappa shape index (κ1) is 25.6. The molecule has 41 heavy (non-hydrogen) atoms. The van der Waals surface area contributed by atoms with Crippen molar-refractivity contribution in [2.24, 2.45) is 10.9 Å². The Morgan fingerprint density at radius 3 is 2.68 bits per heavy atom. The van der Waals surface area contributed by atoms with E-state index in [1.54, 1.807) is 0 Å². The molecule has 0 saturated carbocycles. The van der Waals surface area contributed by atoms with Crippen LogP contribution in [0.4, 0.5) is 11.4 Å². The van der Waals surface area contributed by atoms with Gasteiger partial charge in [0, 0.05) is 28.4 Å². The molecule has 1 heterocycles. The molecule has 1 N–H and O–H groups in total. The maximum absolute atomic E-state index is 6.29.